The number of anilines is 1. The molecule has 6 nitrogen and oxygen atoms in total. The van der Waals surface area contributed by atoms with Crippen molar-refractivity contribution in [3.8, 4) is 0 Å². The van der Waals surface area contributed by atoms with Crippen LogP contribution in [-0.2, 0) is 0 Å². The van der Waals surface area contributed by atoms with Gasteiger partial charge in [0.15, 0.2) is 0 Å². The lowest BCUT2D eigenvalue weighted by atomic mass is 9.79. The van der Waals surface area contributed by atoms with E-state index in [1.165, 1.54) is 0 Å². The summed E-state index contributed by atoms with van der Waals surface area (Å²) in [6, 6.07) is 3.61. The fourth-order valence-corrected chi connectivity index (χ4v) is 4.05. The van der Waals surface area contributed by atoms with Crippen molar-refractivity contribution in [1.29, 1.82) is 0 Å². The highest BCUT2D eigenvalue weighted by molar-refractivity contribution is 5.95. The van der Waals surface area contributed by atoms with Crippen molar-refractivity contribution in [1.82, 2.24) is 14.9 Å². The smallest absolute Gasteiger partial charge is 0.257 e. The van der Waals surface area contributed by atoms with E-state index in [2.05, 4.69) is 14.9 Å². The summed E-state index contributed by atoms with van der Waals surface area (Å²) in [5, 5.41) is 0. The first-order valence-corrected chi connectivity index (χ1v) is 8.52. The van der Waals surface area contributed by atoms with Crippen LogP contribution in [0, 0.1) is 12.3 Å². The Hall–Kier alpha value is -2.37. The third-order valence-corrected chi connectivity index (χ3v) is 5.31. The zero-order chi connectivity index (χ0) is 16.6. The van der Waals surface area contributed by atoms with Gasteiger partial charge in [-0.1, -0.05) is 0 Å². The van der Waals surface area contributed by atoms with Crippen LogP contribution in [-0.4, -0.2) is 47.0 Å². The minimum absolute atomic E-state index is 0.0891. The van der Waals surface area contributed by atoms with Crippen LogP contribution < -0.4 is 4.90 Å². The molecule has 24 heavy (non-hydrogen) atoms. The van der Waals surface area contributed by atoms with E-state index in [4.69, 9.17) is 4.42 Å². The van der Waals surface area contributed by atoms with Crippen molar-refractivity contribution >= 4 is 11.9 Å². The number of hydrogen-bond donors (Lipinski definition) is 0. The van der Waals surface area contributed by atoms with E-state index in [0.29, 0.717) is 11.3 Å². The second kappa shape index (κ2) is 5.92. The van der Waals surface area contributed by atoms with Gasteiger partial charge in [0.05, 0.1) is 11.8 Å². The number of aryl methyl sites for hydroxylation is 1. The molecule has 2 aliphatic heterocycles. The second-order valence-corrected chi connectivity index (χ2v) is 6.94. The third-order valence-electron chi connectivity index (χ3n) is 5.31. The van der Waals surface area contributed by atoms with Crippen LogP contribution in [0.4, 0.5) is 5.95 Å². The van der Waals surface area contributed by atoms with Crippen LogP contribution in [0.5, 0.6) is 0 Å². The highest BCUT2D eigenvalue weighted by Gasteiger charge is 2.43. The van der Waals surface area contributed by atoms with E-state index in [1.54, 1.807) is 24.7 Å². The predicted molar refractivity (Wildman–Crippen MR) is 89.9 cm³/mol. The minimum atomic E-state index is 0.0891. The molecule has 0 aliphatic carbocycles. The summed E-state index contributed by atoms with van der Waals surface area (Å²) in [6.07, 6.45) is 8.48. The molecule has 0 bridgehead atoms. The standard InChI is InChI=1S/C18H22N4O2/c1-14-15(4-11-24-14)16(23)21-10-6-18(12-21)5-2-9-22(13-18)17-19-7-3-8-20-17/h3-4,7-8,11H,2,5-6,9-10,12-13H2,1H3/t18-/m0/s1. The Morgan fingerprint density at radius 3 is 2.79 bits per heavy atom. The molecule has 0 saturated carbocycles. The molecule has 2 saturated heterocycles. The summed E-state index contributed by atoms with van der Waals surface area (Å²) in [5.41, 5.74) is 0.844. The number of amides is 1. The van der Waals surface area contributed by atoms with Crippen LogP contribution in [0.3, 0.4) is 0 Å². The van der Waals surface area contributed by atoms with E-state index in [9.17, 15) is 4.79 Å². The van der Waals surface area contributed by atoms with Crippen molar-refractivity contribution < 1.29 is 9.21 Å². The average molecular weight is 326 g/mol. The second-order valence-electron chi connectivity index (χ2n) is 6.94. The Morgan fingerprint density at radius 1 is 1.21 bits per heavy atom. The number of carbonyl (C=O) groups is 1. The Bertz CT molecular complexity index is 730. The largest absolute Gasteiger partial charge is 0.469 e. The molecule has 1 amide bonds. The van der Waals surface area contributed by atoms with E-state index < -0.39 is 0 Å². The van der Waals surface area contributed by atoms with Crippen molar-refractivity contribution in [2.45, 2.75) is 26.2 Å². The maximum Gasteiger partial charge on any atom is 0.257 e. The molecule has 4 heterocycles. The molecule has 0 radical (unpaired) electrons. The topological polar surface area (TPSA) is 62.5 Å². The van der Waals surface area contributed by atoms with Gasteiger partial charge in [-0.05, 0) is 38.3 Å². The maximum absolute atomic E-state index is 12.7. The van der Waals surface area contributed by atoms with Crippen LogP contribution in [0.2, 0.25) is 0 Å². The number of rotatable bonds is 2. The molecule has 6 heteroatoms. The van der Waals surface area contributed by atoms with Gasteiger partial charge in [0, 0.05) is 44.0 Å². The number of piperidine rings is 1. The fraction of sp³-hybridized carbons (Fsp3) is 0.500. The number of aromatic nitrogens is 2. The lowest BCUT2D eigenvalue weighted by Gasteiger charge is -2.40. The normalized spacial score (nSPS) is 23.9. The molecule has 0 unspecified atom stereocenters. The van der Waals surface area contributed by atoms with Gasteiger partial charge < -0.3 is 14.2 Å². The summed E-state index contributed by atoms with van der Waals surface area (Å²) in [5.74, 6) is 1.59. The summed E-state index contributed by atoms with van der Waals surface area (Å²) >= 11 is 0. The van der Waals surface area contributed by atoms with Crippen molar-refractivity contribution in [2.24, 2.45) is 5.41 Å². The van der Waals surface area contributed by atoms with Crippen molar-refractivity contribution in [3.63, 3.8) is 0 Å². The lowest BCUT2D eigenvalue weighted by Crippen LogP contribution is -2.46. The molecule has 2 aliphatic rings. The highest BCUT2D eigenvalue weighted by atomic mass is 16.3. The first kappa shape index (κ1) is 15.2. The van der Waals surface area contributed by atoms with Crippen molar-refractivity contribution in [2.75, 3.05) is 31.1 Å². The number of nitrogens with zero attached hydrogens (tertiary/aromatic N) is 4. The van der Waals surface area contributed by atoms with Gasteiger partial charge in [0.25, 0.3) is 5.91 Å². The Kier molecular flexibility index (Phi) is 3.75. The Balaban J connectivity index is 1.49. The number of carbonyl (C=O) groups excluding carboxylic acids is 1. The summed E-state index contributed by atoms with van der Waals surface area (Å²) in [6.45, 7) is 5.37. The maximum atomic E-state index is 12.7. The molecule has 1 spiro atoms. The van der Waals surface area contributed by atoms with Crippen LogP contribution in [0.1, 0.15) is 35.4 Å². The first-order chi connectivity index (χ1) is 11.7. The van der Waals surface area contributed by atoms with Gasteiger partial charge in [-0.2, -0.15) is 0 Å². The highest BCUT2D eigenvalue weighted by Crippen LogP contribution is 2.40. The molecule has 126 valence electrons. The zero-order valence-corrected chi connectivity index (χ0v) is 13.9. The van der Waals surface area contributed by atoms with Gasteiger partial charge in [0.2, 0.25) is 5.95 Å². The van der Waals surface area contributed by atoms with Gasteiger partial charge in [-0.3, -0.25) is 4.79 Å². The molecule has 1 atom stereocenters. The molecule has 2 aromatic rings. The molecule has 2 fully saturated rings. The fourth-order valence-electron chi connectivity index (χ4n) is 4.05. The summed E-state index contributed by atoms with van der Waals surface area (Å²) in [7, 11) is 0. The quantitative estimate of drug-likeness (QED) is 0.848. The monoisotopic (exact) mass is 326 g/mol. The van der Waals surface area contributed by atoms with E-state index in [-0.39, 0.29) is 11.3 Å². The van der Waals surface area contributed by atoms with E-state index >= 15 is 0 Å². The third kappa shape index (κ3) is 2.66. The van der Waals surface area contributed by atoms with Gasteiger partial charge in [-0.15, -0.1) is 0 Å². The van der Waals surface area contributed by atoms with Crippen LogP contribution in [0.15, 0.2) is 35.2 Å². The first-order valence-electron chi connectivity index (χ1n) is 8.52. The SMILES string of the molecule is Cc1occc1C(=O)N1CC[C@@]2(CCCN(c3ncccn3)C2)C1. The predicted octanol–water partition coefficient (Wildman–Crippen LogP) is 2.51. The Labute approximate surface area is 141 Å². The minimum Gasteiger partial charge on any atom is -0.469 e. The molecule has 0 N–H and O–H groups in total. The molecule has 2 aromatic heterocycles. The zero-order valence-electron chi connectivity index (χ0n) is 13.9. The van der Waals surface area contributed by atoms with Gasteiger partial charge in [0.1, 0.15) is 5.76 Å². The number of likely N-dealkylation sites (tertiary alicyclic amines) is 1. The number of hydrogen-bond acceptors (Lipinski definition) is 5. The van der Waals surface area contributed by atoms with Crippen LogP contribution in [0.25, 0.3) is 0 Å². The lowest BCUT2D eigenvalue weighted by molar-refractivity contribution is 0.0765. The Morgan fingerprint density at radius 2 is 2.04 bits per heavy atom. The van der Waals surface area contributed by atoms with Crippen LogP contribution >= 0.6 is 0 Å². The molecular formula is C18H22N4O2. The van der Waals surface area contributed by atoms with E-state index in [0.717, 1.165) is 51.4 Å². The summed E-state index contributed by atoms with van der Waals surface area (Å²) in [4.78, 5) is 25.7. The average Bonchev–Trinajstić information content (AvgIpc) is 3.22. The van der Waals surface area contributed by atoms with Gasteiger partial charge >= 0.3 is 0 Å². The number of furan rings is 1. The summed E-state index contributed by atoms with van der Waals surface area (Å²) < 4.78 is 5.28. The van der Waals surface area contributed by atoms with Crippen molar-refractivity contribution in [3.05, 3.63) is 42.1 Å². The molecular weight excluding hydrogens is 304 g/mol. The van der Waals surface area contributed by atoms with E-state index in [1.807, 2.05) is 17.9 Å². The van der Waals surface area contributed by atoms with Gasteiger partial charge in [-0.25, -0.2) is 9.97 Å². The molecule has 0 aromatic carbocycles. The molecule has 4 rings (SSSR count).